The highest BCUT2D eigenvalue weighted by atomic mass is 32.1. The Labute approximate surface area is 111 Å². The van der Waals surface area contributed by atoms with Crippen molar-refractivity contribution in [2.75, 3.05) is 31.6 Å². The molecule has 2 N–H and O–H groups in total. The second-order valence-electron chi connectivity index (χ2n) is 3.66. The second-order valence-corrected chi connectivity index (χ2v) is 4.64. The van der Waals surface area contributed by atoms with Gasteiger partial charge in [-0.1, -0.05) is 24.7 Å². The molecule has 1 heterocycles. The van der Waals surface area contributed by atoms with E-state index in [0.29, 0.717) is 23.3 Å². The van der Waals surface area contributed by atoms with Gasteiger partial charge in [-0.2, -0.15) is 0 Å². The summed E-state index contributed by atoms with van der Waals surface area (Å²) in [6, 6.07) is 0. The fraction of sp³-hybridized carbons (Fsp3) is 0.727. The zero-order chi connectivity index (χ0) is 13.2. The van der Waals surface area contributed by atoms with Gasteiger partial charge in [0.05, 0.1) is 6.61 Å². The number of carbonyl (C=O) groups is 1. The standard InChI is InChI=1S/C11H20N4O2S/c1-3-5-7-17-8-6-13-9(16)10-14-15-11(18-10)12-4-2/h3-8H2,1-2H3,(H,12,15)(H,13,16). The minimum absolute atomic E-state index is 0.198. The molecule has 0 saturated heterocycles. The number of rotatable bonds is 9. The molecule has 1 rings (SSSR count). The lowest BCUT2D eigenvalue weighted by molar-refractivity contribution is 0.0911. The summed E-state index contributed by atoms with van der Waals surface area (Å²) in [5, 5.41) is 14.5. The number of hydrogen-bond acceptors (Lipinski definition) is 6. The Kier molecular flexibility index (Phi) is 7.28. The topological polar surface area (TPSA) is 76.1 Å². The quantitative estimate of drug-likeness (QED) is 0.666. The summed E-state index contributed by atoms with van der Waals surface area (Å²) < 4.78 is 5.34. The van der Waals surface area contributed by atoms with Crippen molar-refractivity contribution < 1.29 is 9.53 Å². The fourth-order valence-electron chi connectivity index (χ4n) is 1.20. The summed E-state index contributed by atoms with van der Waals surface area (Å²) in [4.78, 5) is 11.7. The highest BCUT2D eigenvalue weighted by molar-refractivity contribution is 7.17. The SMILES string of the molecule is CCCCOCCNC(=O)c1nnc(NCC)s1. The average Bonchev–Trinajstić information content (AvgIpc) is 2.82. The van der Waals surface area contributed by atoms with Crippen molar-refractivity contribution in [3.05, 3.63) is 5.01 Å². The van der Waals surface area contributed by atoms with Crippen LogP contribution in [0.25, 0.3) is 0 Å². The summed E-state index contributed by atoms with van der Waals surface area (Å²) in [5.41, 5.74) is 0. The number of unbranched alkanes of at least 4 members (excludes halogenated alkanes) is 1. The Balaban J connectivity index is 2.19. The molecule has 1 aromatic heterocycles. The molecular weight excluding hydrogens is 252 g/mol. The maximum Gasteiger partial charge on any atom is 0.282 e. The molecule has 18 heavy (non-hydrogen) atoms. The number of hydrogen-bond donors (Lipinski definition) is 2. The Bertz CT molecular complexity index is 357. The molecule has 0 saturated carbocycles. The Morgan fingerprint density at radius 1 is 1.33 bits per heavy atom. The number of carbonyl (C=O) groups excluding carboxylic acids is 1. The zero-order valence-electron chi connectivity index (χ0n) is 10.9. The first-order chi connectivity index (χ1) is 8.77. The van der Waals surface area contributed by atoms with Crippen LogP contribution in [0.3, 0.4) is 0 Å². The van der Waals surface area contributed by atoms with Gasteiger partial charge < -0.3 is 15.4 Å². The first-order valence-electron chi connectivity index (χ1n) is 6.21. The molecule has 0 aliphatic carbocycles. The molecule has 0 aromatic carbocycles. The molecule has 1 aromatic rings. The minimum atomic E-state index is -0.198. The average molecular weight is 272 g/mol. The van der Waals surface area contributed by atoms with Crippen molar-refractivity contribution in [1.29, 1.82) is 0 Å². The lowest BCUT2D eigenvalue weighted by Crippen LogP contribution is -2.27. The number of aromatic nitrogens is 2. The van der Waals surface area contributed by atoms with Crippen molar-refractivity contribution >= 4 is 22.4 Å². The van der Waals surface area contributed by atoms with Crippen molar-refractivity contribution in [2.24, 2.45) is 0 Å². The second kappa shape index (κ2) is 8.82. The highest BCUT2D eigenvalue weighted by Crippen LogP contribution is 2.14. The number of amides is 1. The predicted octanol–water partition coefficient (Wildman–Crippen LogP) is 1.52. The fourth-order valence-corrected chi connectivity index (χ4v) is 1.93. The summed E-state index contributed by atoms with van der Waals surface area (Å²) in [6.07, 6.45) is 2.17. The van der Waals surface area contributed by atoms with E-state index in [2.05, 4.69) is 27.8 Å². The van der Waals surface area contributed by atoms with Crippen LogP contribution < -0.4 is 10.6 Å². The minimum Gasteiger partial charge on any atom is -0.380 e. The van der Waals surface area contributed by atoms with Gasteiger partial charge in [-0.05, 0) is 13.3 Å². The maximum atomic E-state index is 11.7. The predicted molar refractivity (Wildman–Crippen MR) is 72.1 cm³/mol. The van der Waals surface area contributed by atoms with E-state index in [0.717, 1.165) is 26.0 Å². The summed E-state index contributed by atoms with van der Waals surface area (Å²) in [5.74, 6) is -0.198. The number of ether oxygens (including phenoxy) is 1. The van der Waals surface area contributed by atoms with Crippen LogP contribution in [0, 0.1) is 0 Å². The molecule has 0 bridgehead atoms. The molecule has 0 aliphatic rings. The third-order valence-electron chi connectivity index (χ3n) is 2.12. The Morgan fingerprint density at radius 3 is 2.89 bits per heavy atom. The van der Waals surface area contributed by atoms with Crippen LogP contribution in [-0.4, -0.2) is 42.4 Å². The van der Waals surface area contributed by atoms with Crippen LogP contribution in [0.15, 0.2) is 0 Å². The van der Waals surface area contributed by atoms with Gasteiger partial charge in [0.2, 0.25) is 10.1 Å². The summed E-state index contributed by atoms with van der Waals surface area (Å²) >= 11 is 1.25. The van der Waals surface area contributed by atoms with Gasteiger partial charge in [0, 0.05) is 19.7 Å². The normalized spacial score (nSPS) is 10.3. The van der Waals surface area contributed by atoms with Crippen LogP contribution in [0.1, 0.15) is 36.5 Å². The van der Waals surface area contributed by atoms with Gasteiger partial charge in [0.25, 0.3) is 5.91 Å². The van der Waals surface area contributed by atoms with Gasteiger partial charge in [0.15, 0.2) is 0 Å². The van der Waals surface area contributed by atoms with E-state index < -0.39 is 0 Å². The van der Waals surface area contributed by atoms with Gasteiger partial charge >= 0.3 is 0 Å². The van der Waals surface area contributed by atoms with Gasteiger partial charge in [-0.15, -0.1) is 10.2 Å². The van der Waals surface area contributed by atoms with Crippen LogP contribution in [0.4, 0.5) is 5.13 Å². The largest absolute Gasteiger partial charge is 0.380 e. The van der Waals surface area contributed by atoms with E-state index in [9.17, 15) is 4.79 Å². The molecule has 0 unspecified atom stereocenters. The number of nitrogens with one attached hydrogen (secondary N) is 2. The maximum absolute atomic E-state index is 11.7. The molecule has 0 atom stereocenters. The molecule has 0 radical (unpaired) electrons. The summed E-state index contributed by atoms with van der Waals surface area (Å²) in [7, 11) is 0. The van der Waals surface area contributed by atoms with E-state index >= 15 is 0 Å². The van der Waals surface area contributed by atoms with Crippen molar-refractivity contribution in [3.63, 3.8) is 0 Å². The zero-order valence-corrected chi connectivity index (χ0v) is 11.7. The molecule has 6 nitrogen and oxygen atoms in total. The smallest absolute Gasteiger partial charge is 0.282 e. The lowest BCUT2D eigenvalue weighted by atomic mass is 10.4. The van der Waals surface area contributed by atoms with Crippen LogP contribution in [0.5, 0.6) is 0 Å². The molecule has 102 valence electrons. The van der Waals surface area contributed by atoms with Gasteiger partial charge in [0.1, 0.15) is 0 Å². The van der Waals surface area contributed by atoms with Crippen molar-refractivity contribution in [3.8, 4) is 0 Å². The Hall–Kier alpha value is -1.21. The molecule has 0 spiro atoms. The molecular formula is C11H20N4O2S. The van der Waals surface area contributed by atoms with E-state index in [1.165, 1.54) is 11.3 Å². The van der Waals surface area contributed by atoms with E-state index in [1.54, 1.807) is 0 Å². The first-order valence-corrected chi connectivity index (χ1v) is 7.02. The first kappa shape index (κ1) is 14.8. The van der Waals surface area contributed by atoms with Gasteiger partial charge in [-0.25, -0.2) is 0 Å². The molecule has 7 heteroatoms. The van der Waals surface area contributed by atoms with Gasteiger partial charge in [-0.3, -0.25) is 4.79 Å². The summed E-state index contributed by atoms with van der Waals surface area (Å²) in [6.45, 7) is 6.62. The molecule has 0 aliphatic heterocycles. The number of anilines is 1. The van der Waals surface area contributed by atoms with Crippen molar-refractivity contribution in [2.45, 2.75) is 26.7 Å². The third-order valence-corrected chi connectivity index (χ3v) is 3.00. The van der Waals surface area contributed by atoms with E-state index in [1.807, 2.05) is 6.92 Å². The van der Waals surface area contributed by atoms with E-state index in [4.69, 9.17) is 4.74 Å². The molecule has 0 fully saturated rings. The lowest BCUT2D eigenvalue weighted by Gasteiger charge is -2.03. The monoisotopic (exact) mass is 272 g/mol. The Morgan fingerprint density at radius 2 is 2.17 bits per heavy atom. The highest BCUT2D eigenvalue weighted by Gasteiger charge is 2.11. The van der Waals surface area contributed by atoms with Crippen LogP contribution in [0.2, 0.25) is 0 Å². The van der Waals surface area contributed by atoms with E-state index in [-0.39, 0.29) is 5.91 Å². The number of nitrogens with zero attached hydrogens (tertiary/aromatic N) is 2. The van der Waals surface area contributed by atoms with Crippen LogP contribution >= 0.6 is 11.3 Å². The van der Waals surface area contributed by atoms with Crippen molar-refractivity contribution in [1.82, 2.24) is 15.5 Å². The third kappa shape index (κ3) is 5.42. The molecule has 1 amide bonds. The van der Waals surface area contributed by atoms with Crippen LogP contribution in [-0.2, 0) is 4.74 Å².